The van der Waals surface area contributed by atoms with Crippen LogP contribution in [-0.2, 0) is 9.47 Å². The zero-order chi connectivity index (χ0) is 9.26. The minimum Gasteiger partial charge on any atom is -0.455 e. The van der Waals surface area contributed by atoms with E-state index in [2.05, 4.69) is 15.9 Å². The lowest BCUT2D eigenvalue weighted by Crippen LogP contribution is -1.99. The van der Waals surface area contributed by atoms with Gasteiger partial charge < -0.3 is 9.47 Å². The van der Waals surface area contributed by atoms with Crippen molar-refractivity contribution in [2.45, 2.75) is 13.2 Å². The van der Waals surface area contributed by atoms with Gasteiger partial charge in [-0.25, -0.2) is 0 Å². The normalized spacial score (nSPS) is 20.5. The molecule has 0 radical (unpaired) electrons. The lowest BCUT2D eigenvalue weighted by molar-refractivity contribution is -0.0336. The van der Waals surface area contributed by atoms with Crippen LogP contribution in [0.3, 0.4) is 0 Å². The van der Waals surface area contributed by atoms with Gasteiger partial charge >= 0.3 is 0 Å². The number of hydrogen-bond acceptors (Lipinski definition) is 2. The first-order valence-electron chi connectivity index (χ1n) is 4.00. The summed E-state index contributed by atoms with van der Waals surface area (Å²) in [5, 5.41) is 0. The highest BCUT2D eigenvalue weighted by Gasteiger charge is 2.20. The van der Waals surface area contributed by atoms with Crippen LogP contribution in [0.25, 0.3) is 0 Å². The van der Waals surface area contributed by atoms with Gasteiger partial charge in [-0.2, -0.15) is 0 Å². The fourth-order valence-electron chi connectivity index (χ4n) is 1.19. The van der Waals surface area contributed by atoms with Gasteiger partial charge in [0.2, 0.25) is 0 Å². The molecule has 1 aliphatic heterocycles. The summed E-state index contributed by atoms with van der Waals surface area (Å²) in [5.41, 5.74) is 1.01. The maximum absolute atomic E-state index is 5.44. The van der Waals surface area contributed by atoms with Crippen LogP contribution in [0.4, 0.5) is 0 Å². The number of benzene rings is 1. The van der Waals surface area contributed by atoms with Crippen molar-refractivity contribution >= 4 is 15.9 Å². The van der Waals surface area contributed by atoms with Crippen molar-refractivity contribution in [3.05, 3.63) is 46.3 Å². The van der Waals surface area contributed by atoms with Gasteiger partial charge in [-0.1, -0.05) is 34.1 Å². The molecule has 1 aromatic carbocycles. The summed E-state index contributed by atoms with van der Waals surface area (Å²) in [6.07, 6.45) is 1.33. The molecule has 1 aliphatic rings. The third-order valence-corrected chi connectivity index (χ3v) is 2.53. The summed E-state index contributed by atoms with van der Waals surface area (Å²) in [5.74, 6) is 0.806. The molecule has 0 aromatic heterocycles. The van der Waals surface area contributed by atoms with Gasteiger partial charge in [0, 0.05) is 10.0 Å². The third-order valence-electron chi connectivity index (χ3n) is 1.81. The monoisotopic (exact) mass is 240 g/mol. The Morgan fingerprint density at radius 2 is 2.08 bits per heavy atom. The number of ether oxygens (including phenoxy) is 2. The molecule has 13 heavy (non-hydrogen) atoms. The molecule has 0 amide bonds. The van der Waals surface area contributed by atoms with Gasteiger partial charge in [0.1, 0.15) is 12.0 Å². The van der Waals surface area contributed by atoms with Crippen LogP contribution >= 0.6 is 15.9 Å². The smallest absolute Gasteiger partial charge is 0.267 e. The molecule has 1 aromatic rings. The Bertz CT molecular complexity index is 347. The highest BCUT2D eigenvalue weighted by Crippen LogP contribution is 2.32. The lowest BCUT2D eigenvalue weighted by Gasteiger charge is -2.12. The zero-order valence-corrected chi connectivity index (χ0v) is 8.74. The Kier molecular flexibility index (Phi) is 2.27. The van der Waals surface area contributed by atoms with Crippen LogP contribution < -0.4 is 0 Å². The Morgan fingerprint density at radius 1 is 1.31 bits per heavy atom. The van der Waals surface area contributed by atoms with Crippen LogP contribution in [0, 0.1) is 0 Å². The molecular weight excluding hydrogens is 232 g/mol. The van der Waals surface area contributed by atoms with Crippen molar-refractivity contribution in [3.63, 3.8) is 0 Å². The number of hydrogen-bond donors (Lipinski definition) is 0. The minimum atomic E-state index is -0.296. The van der Waals surface area contributed by atoms with Crippen molar-refractivity contribution in [2.24, 2.45) is 0 Å². The molecule has 2 nitrogen and oxygen atoms in total. The number of rotatable bonds is 1. The lowest BCUT2D eigenvalue weighted by atomic mass is 10.2. The molecule has 0 saturated heterocycles. The fraction of sp³-hybridized carbons (Fsp3) is 0.200. The molecule has 0 aliphatic carbocycles. The second kappa shape index (κ2) is 3.42. The van der Waals surface area contributed by atoms with Crippen molar-refractivity contribution in [1.82, 2.24) is 0 Å². The van der Waals surface area contributed by atoms with E-state index in [9.17, 15) is 0 Å². The molecule has 1 unspecified atom stereocenters. The highest BCUT2D eigenvalue weighted by atomic mass is 79.9. The number of allylic oxidation sites excluding steroid dienone is 1. The van der Waals surface area contributed by atoms with Crippen molar-refractivity contribution < 1.29 is 9.47 Å². The predicted molar refractivity (Wildman–Crippen MR) is 52.8 cm³/mol. The van der Waals surface area contributed by atoms with E-state index < -0.39 is 0 Å². The van der Waals surface area contributed by atoms with E-state index in [1.54, 1.807) is 6.26 Å². The van der Waals surface area contributed by atoms with Gasteiger partial charge in [-0.05, 0) is 13.0 Å². The average molecular weight is 241 g/mol. The largest absolute Gasteiger partial charge is 0.455 e. The topological polar surface area (TPSA) is 18.5 Å². The van der Waals surface area contributed by atoms with E-state index in [-0.39, 0.29) is 6.29 Å². The number of halogens is 1. The fourth-order valence-corrected chi connectivity index (χ4v) is 1.66. The van der Waals surface area contributed by atoms with E-state index >= 15 is 0 Å². The van der Waals surface area contributed by atoms with E-state index in [1.165, 1.54) is 0 Å². The van der Waals surface area contributed by atoms with Crippen LogP contribution in [0.2, 0.25) is 0 Å². The van der Waals surface area contributed by atoms with Crippen LogP contribution in [-0.4, -0.2) is 0 Å². The van der Waals surface area contributed by atoms with Crippen molar-refractivity contribution in [2.75, 3.05) is 0 Å². The average Bonchev–Trinajstić information content (AvgIpc) is 2.53. The molecule has 1 heterocycles. The van der Waals surface area contributed by atoms with Gasteiger partial charge in [-0.15, -0.1) is 0 Å². The highest BCUT2D eigenvalue weighted by molar-refractivity contribution is 9.10. The van der Waals surface area contributed by atoms with Crippen LogP contribution in [0.15, 0.2) is 40.8 Å². The minimum absolute atomic E-state index is 0.296. The molecule has 3 heteroatoms. The Balaban J connectivity index is 2.23. The molecule has 2 rings (SSSR count). The van der Waals surface area contributed by atoms with E-state index in [0.717, 1.165) is 15.8 Å². The standard InChI is InChI=1S/C10H9BrO2/c1-7-6-12-10(13-7)8-4-2-3-5-9(8)11/h2-6,10H,1H3. The Morgan fingerprint density at radius 3 is 2.69 bits per heavy atom. The summed E-state index contributed by atoms with van der Waals surface area (Å²) in [4.78, 5) is 0. The summed E-state index contributed by atoms with van der Waals surface area (Å²) in [6, 6.07) is 7.86. The molecule has 68 valence electrons. The Labute approximate surface area is 85.3 Å². The van der Waals surface area contributed by atoms with Crippen LogP contribution in [0.5, 0.6) is 0 Å². The van der Waals surface area contributed by atoms with Gasteiger partial charge in [-0.3, -0.25) is 0 Å². The van der Waals surface area contributed by atoms with Gasteiger partial charge in [0.05, 0.1) is 0 Å². The van der Waals surface area contributed by atoms with E-state index in [4.69, 9.17) is 9.47 Å². The summed E-state index contributed by atoms with van der Waals surface area (Å²) < 4.78 is 11.8. The maximum atomic E-state index is 5.44. The SMILES string of the molecule is CC1=COC(c2ccccc2Br)O1. The van der Waals surface area contributed by atoms with Crippen molar-refractivity contribution in [3.8, 4) is 0 Å². The second-order valence-electron chi connectivity index (χ2n) is 2.84. The van der Waals surface area contributed by atoms with E-state index in [1.807, 2.05) is 31.2 Å². The first kappa shape index (κ1) is 8.63. The summed E-state index contributed by atoms with van der Waals surface area (Å²) >= 11 is 3.44. The third kappa shape index (κ3) is 1.70. The molecular formula is C10H9BrO2. The van der Waals surface area contributed by atoms with Crippen LogP contribution in [0.1, 0.15) is 18.8 Å². The molecule has 0 saturated carbocycles. The molecule has 1 atom stereocenters. The predicted octanol–water partition coefficient (Wildman–Crippen LogP) is 3.36. The van der Waals surface area contributed by atoms with Gasteiger partial charge in [0.15, 0.2) is 0 Å². The zero-order valence-electron chi connectivity index (χ0n) is 7.16. The molecule has 0 bridgehead atoms. The second-order valence-corrected chi connectivity index (χ2v) is 3.69. The summed E-state index contributed by atoms with van der Waals surface area (Å²) in [6.45, 7) is 1.87. The molecule has 0 N–H and O–H groups in total. The summed E-state index contributed by atoms with van der Waals surface area (Å²) in [7, 11) is 0. The Hall–Kier alpha value is -0.960. The maximum Gasteiger partial charge on any atom is 0.267 e. The van der Waals surface area contributed by atoms with Crippen molar-refractivity contribution in [1.29, 1.82) is 0 Å². The first-order valence-corrected chi connectivity index (χ1v) is 4.80. The quantitative estimate of drug-likeness (QED) is 0.750. The van der Waals surface area contributed by atoms with E-state index in [0.29, 0.717) is 0 Å². The molecule has 0 spiro atoms. The first-order chi connectivity index (χ1) is 6.27. The van der Waals surface area contributed by atoms with Gasteiger partial charge in [0.25, 0.3) is 6.29 Å². The molecule has 0 fully saturated rings.